The highest BCUT2D eigenvalue weighted by Crippen LogP contribution is 2.24. The minimum atomic E-state index is -0.000660. The lowest BCUT2D eigenvalue weighted by molar-refractivity contribution is -0.136. The van der Waals surface area contributed by atoms with Crippen molar-refractivity contribution in [3.63, 3.8) is 0 Å². The van der Waals surface area contributed by atoms with Gasteiger partial charge < -0.3 is 10.6 Å². The number of rotatable bonds is 4. The molecule has 110 valence electrons. The number of nitrogens with zero attached hydrogens (tertiary/aromatic N) is 2. The predicted molar refractivity (Wildman–Crippen MR) is 79.9 cm³/mol. The van der Waals surface area contributed by atoms with Gasteiger partial charge in [0.05, 0.1) is 5.92 Å². The molecule has 1 heterocycles. The number of hydrogen-bond donors (Lipinski definition) is 1. The average molecular weight is 275 g/mol. The van der Waals surface area contributed by atoms with Gasteiger partial charge in [-0.05, 0) is 37.5 Å². The topological polar surface area (TPSA) is 59.2 Å². The van der Waals surface area contributed by atoms with Crippen molar-refractivity contribution in [3.05, 3.63) is 30.1 Å². The SMILES string of the molecule is CCN(Cc1ccncc1)C(=O)C1CCCCCC1N. The Morgan fingerprint density at radius 2 is 2.00 bits per heavy atom. The van der Waals surface area contributed by atoms with Crippen LogP contribution in [0.2, 0.25) is 0 Å². The summed E-state index contributed by atoms with van der Waals surface area (Å²) in [5, 5.41) is 0. The van der Waals surface area contributed by atoms with Crippen LogP contribution in [-0.4, -0.2) is 28.4 Å². The number of pyridine rings is 1. The molecule has 4 heteroatoms. The van der Waals surface area contributed by atoms with Crippen molar-refractivity contribution >= 4 is 5.91 Å². The molecular weight excluding hydrogens is 250 g/mol. The minimum absolute atomic E-state index is 0.000660. The lowest BCUT2D eigenvalue weighted by Crippen LogP contribution is -2.43. The van der Waals surface area contributed by atoms with E-state index in [1.807, 2.05) is 24.0 Å². The molecule has 2 N–H and O–H groups in total. The molecule has 2 unspecified atom stereocenters. The van der Waals surface area contributed by atoms with Gasteiger partial charge in [0.1, 0.15) is 0 Å². The van der Waals surface area contributed by atoms with Crippen LogP contribution >= 0.6 is 0 Å². The molecule has 1 amide bonds. The van der Waals surface area contributed by atoms with Crippen LogP contribution in [0.4, 0.5) is 0 Å². The molecule has 1 fully saturated rings. The zero-order valence-corrected chi connectivity index (χ0v) is 12.3. The Hall–Kier alpha value is -1.42. The Morgan fingerprint density at radius 3 is 2.70 bits per heavy atom. The number of nitrogens with two attached hydrogens (primary N) is 1. The summed E-state index contributed by atoms with van der Waals surface area (Å²) < 4.78 is 0. The highest BCUT2D eigenvalue weighted by molar-refractivity contribution is 5.79. The normalized spacial score (nSPS) is 23.1. The molecule has 2 rings (SSSR count). The van der Waals surface area contributed by atoms with Gasteiger partial charge in [-0.25, -0.2) is 0 Å². The van der Waals surface area contributed by atoms with Crippen molar-refractivity contribution in [2.45, 2.75) is 51.6 Å². The van der Waals surface area contributed by atoms with Gasteiger partial charge >= 0.3 is 0 Å². The van der Waals surface area contributed by atoms with E-state index in [1.54, 1.807) is 12.4 Å². The molecule has 0 aromatic carbocycles. The number of carbonyl (C=O) groups is 1. The molecule has 0 bridgehead atoms. The molecule has 0 spiro atoms. The summed E-state index contributed by atoms with van der Waals surface area (Å²) in [7, 11) is 0. The van der Waals surface area contributed by atoms with Crippen LogP contribution in [0.5, 0.6) is 0 Å². The Kier molecular flexibility index (Phi) is 5.53. The van der Waals surface area contributed by atoms with E-state index < -0.39 is 0 Å². The summed E-state index contributed by atoms with van der Waals surface area (Å²) >= 11 is 0. The zero-order chi connectivity index (χ0) is 14.4. The van der Waals surface area contributed by atoms with Crippen LogP contribution in [0, 0.1) is 5.92 Å². The van der Waals surface area contributed by atoms with Gasteiger partial charge in [-0.15, -0.1) is 0 Å². The summed E-state index contributed by atoms with van der Waals surface area (Å²) in [4.78, 5) is 18.7. The molecule has 2 atom stereocenters. The molecule has 1 aromatic heterocycles. The van der Waals surface area contributed by atoms with Crippen LogP contribution in [-0.2, 0) is 11.3 Å². The fourth-order valence-corrected chi connectivity index (χ4v) is 2.93. The molecule has 1 aliphatic rings. The fourth-order valence-electron chi connectivity index (χ4n) is 2.93. The molecule has 1 aliphatic carbocycles. The first-order chi connectivity index (χ1) is 9.72. The van der Waals surface area contributed by atoms with Crippen molar-refractivity contribution in [2.75, 3.05) is 6.54 Å². The number of amides is 1. The van der Waals surface area contributed by atoms with E-state index in [-0.39, 0.29) is 17.9 Å². The molecule has 4 nitrogen and oxygen atoms in total. The van der Waals surface area contributed by atoms with E-state index in [4.69, 9.17) is 5.73 Å². The Balaban J connectivity index is 2.04. The Morgan fingerprint density at radius 1 is 1.30 bits per heavy atom. The number of carbonyl (C=O) groups excluding carboxylic acids is 1. The lowest BCUT2D eigenvalue weighted by atomic mass is 9.94. The molecule has 0 radical (unpaired) electrons. The maximum atomic E-state index is 12.7. The third-order valence-corrected chi connectivity index (χ3v) is 4.20. The maximum absolute atomic E-state index is 12.7. The Labute approximate surface area is 121 Å². The second kappa shape index (κ2) is 7.39. The molecular formula is C16H25N3O. The van der Waals surface area contributed by atoms with E-state index in [1.165, 1.54) is 6.42 Å². The zero-order valence-electron chi connectivity index (χ0n) is 12.3. The highest BCUT2D eigenvalue weighted by Gasteiger charge is 2.29. The fraction of sp³-hybridized carbons (Fsp3) is 0.625. The van der Waals surface area contributed by atoms with E-state index in [9.17, 15) is 4.79 Å². The molecule has 0 saturated heterocycles. The van der Waals surface area contributed by atoms with E-state index in [0.29, 0.717) is 6.54 Å². The quantitative estimate of drug-likeness (QED) is 0.858. The second-order valence-electron chi connectivity index (χ2n) is 5.62. The highest BCUT2D eigenvalue weighted by atomic mass is 16.2. The van der Waals surface area contributed by atoms with E-state index >= 15 is 0 Å². The van der Waals surface area contributed by atoms with Crippen LogP contribution in [0.1, 0.15) is 44.6 Å². The largest absolute Gasteiger partial charge is 0.338 e. The smallest absolute Gasteiger partial charge is 0.227 e. The number of hydrogen-bond acceptors (Lipinski definition) is 3. The van der Waals surface area contributed by atoms with Crippen molar-refractivity contribution in [3.8, 4) is 0 Å². The third kappa shape index (κ3) is 3.79. The van der Waals surface area contributed by atoms with Gasteiger partial charge in [-0.2, -0.15) is 0 Å². The average Bonchev–Trinajstić information content (AvgIpc) is 2.70. The third-order valence-electron chi connectivity index (χ3n) is 4.20. The first-order valence-corrected chi connectivity index (χ1v) is 7.65. The Bertz CT molecular complexity index is 421. The van der Waals surface area contributed by atoms with E-state index in [0.717, 1.165) is 37.8 Å². The van der Waals surface area contributed by atoms with Gasteiger partial charge in [0.15, 0.2) is 0 Å². The molecule has 20 heavy (non-hydrogen) atoms. The van der Waals surface area contributed by atoms with Gasteiger partial charge in [-0.1, -0.05) is 19.3 Å². The molecule has 1 aromatic rings. The van der Waals surface area contributed by atoms with Crippen molar-refractivity contribution in [2.24, 2.45) is 11.7 Å². The monoisotopic (exact) mass is 275 g/mol. The predicted octanol–water partition coefficient (Wildman–Crippen LogP) is 2.34. The first-order valence-electron chi connectivity index (χ1n) is 7.65. The maximum Gasteiger partial charge on any atom is 0.227 e. The van der Waals surface area contributed by atoms with Crippen LogP contribution in [0.3, 0.4) is 0 Å². The summed E-state index contributed by atoms with van der Waals surface area (Å²) in [5.41, 5.74) is 7.33. The molecule has 0 aliphatic heterocycles. The first kappa shape index (κ1) is 15.0. The minimum Gasteiger partial charge on any atom is -0.338 e. The standard InChI is InChI=1S/C16H25N3O/c1-2-19(12-13-8-10-18-11-9-13)16(20)14-6-4-3-5-7-15(14)17/h8-11,14-15H,2-7,12,17H2,1H3. The van der Waals surface area contributed by atoms with Gasteiger partial charge in [0.2, 0.25) is 5.91 Å². The number of aromatic nitrogens is 1. The van der Waals surface area contributed by atoms with Gasteiger partial charge in [0, 0.05) is 31.5 Å². The van der Waals surface area contributed by atoms with Crippen LogP contribution < -0.4 is 5.73 Å². The lowest BCUT2D eigenvalue weighted by Gasteiger charge is -2.28. The summed E-state index contributed by atoms with van der Waals surface area (Å²) in [6, 6.07) is 3.95. The molecule has 1 saturated carbocycles. The van der Waals surface area contributed by atoms with Gasteiger partial charge in [0.25, 0.3) is 0 Å². The summed E-state index contributed by atoms with van der Waals surface area (Å²) in [6.45, 7) is 3.41. The summed E-state index contributed by atoms with van der Waals surface area (Å²) in [5.74, 6) is 0.220. The van der Waals surface area contributed by atoms with Crippen molar-refractivity contribution < 1.29 is 4.79 Å². The van der Waals surface area contributed by atoms with Crippen LogP contribution in [0.15, 0.2) is 24.5 Å². The summed E-state index contributed by atoms with van der Waals surface area (Å²) in [6.07, 6.45) is 8.93. The van der Waals surface area contributed by atoms with E-state index in [2.05, 4.69) is 4.98 Å². The van der Waals surface area contributed by atoms with Gasteiger partial charge in [-0.3, -0.25) is 9.78 Å². The van der Waals surface area contributed by atoms with Crippen molar-refractivity contribution in [1.29, 1.82) is 0 Å². The van der Waals surface area contributed by atoms with Crippen molar-refractivity contribution in [1.82, 2.24) is 9.88 Å². The second-order valence-corrected chi connectivity index (χ2v) is 5.62. The van der Waals surface area contributed by atoms with Crippen LogP contribution in [0.25, 0.3) is 0 Å².